The molecule has 16 heavy (non-hydrogen) atoms. The van der Waals surface area contributed by atoms with Crippen LogP contribution in [-0.2, 0) is 4.79 Å². The van der Waals surface area contributed by atoms with E-state index in [4.69, 9.17) is 9.52 Å². The summed E-state index contributed by atoms with van der Waals surface area (Å²) in [5.74, 6) is -0.718. The molecule has 1 aromatic rings. The van der Waals surface area contributed by atoms with Gasteiger partial charge in [-0.1, -0.05) is 6.92 Å². The van der Waals surface area contributed by atoms with Crippen molar-refractivity contribution in [2.24, 2.45) is 0 Å². The van der Waals surface area contributed by atoms with E-state index >= 15 is 0 Å². The average molecular weight is 225 g/mol. The van der Waals surface area contributed by atoms with E-state index in [1.807, 2.05) is 0 Å². The summed E-state index contributed by atoms with van der Waals surface area (Å²) in [5.41, 5.74) is 0.375. The quantitative estimate of drug-likeness (QED) is 0.843. The first-order valence-corrected chi connectivity index (χ1v) is 5.02. The van der Waals surface area contributed by atoms with Gasteiger partial charge in [-0.2, -0.15) is 0 Å². The van der Waals surface area contributed by atoms with Crippen LogP contribution in [0.5, 0.6) is 0 Å². The zero-order valence-corrected chi connectivity index (χ0v) is 9.56. The molecule has 88 valence electrons. The fourth-order valence-electron chi connectivity index (χ4n) is 1.51. The summed E-state index contributed by atoms with van der Waals surface area (Å²) < 4.78 is 5.01. The fraction of sp³-hybridized carbons (Fsp3) is 0.455. The van der Waals surface area contributed by atoms with Gasteiger partial charge < -0.3 is 14.4 Å². The third-order valence-corrected chi connectivity index (χ3v) is 2.44. The minimum absolute atomic E-state index is 0.342. The van der Waals surface area contributed by atoms with E-state index in [-0.39, 0.29) is 5.91 Å². The Balaban J connectivity index is 2.85. The van der Waals surface area contributed by atoms with E-state index < -0.39 is 12.0 Å². The summed E-state index contributed by atoms with van der Waals surface area (Å²) in [6, 6.07) is 0.788. The van der Waals surface area contributed by atoms with Crippen molar-refractivity contribution >= 4 is 11.9 Å². The van der Waals surface area contributed by atoms with E-state index in [0.717, 1.165) is 0 Å². The number of furan rings is 1. The lowest BCUT2D eigenvalue weighted by Gasteiger charge is -2.22. The van der Waals surface area contributed by atoms with Crippen LogP contribution in [0.2, 0.25) is 0 Å². The first-order valence-electron chi connectivity index (χ1n) is 5.02. The number of carbonyl (C=O) groups is 2. The van der Waals surface area contributed by atoms with Crippen molar-refractivity contribution in [1.29, 1.82) is 0 Å². The zero-order valence-electron chi connectivity index (χ0n) is 9.56. The van der Waals surface area contributed by atoms with Gasteiger partial charge in [0.15, 0.2) is 0 Å². The van der Waals surface area contributed by atoms with Gasteiger partial charge in [0.2, 0.25) is 0 Å². The molecular formula is C11H15NO4. The van der Waals surface area contributed by atoms with Crippen LogP contribution >= 0.6 is 0 Å². The highest BCUT2D eigenvalue weighted by molar-refractivity contribution is 5.96. The molecule has 0 aliphatic rings. The maximum atomic E-state index is 11.9. The van der Waals surface area contributed by atoms with Crippen molar-refractivity contribution in [1.82, 2.24) is 4.90 Å². The number of carboxylic acid groups (broad SMARTS) is 1. The fourth-order valence-corrected chi connectivity index (χ4v) is 1.51. The topological polar surface area (TPSA) is 70.8 Å². The van der Waals surface area contributed by atoms with Gasteiger partial charge >= 0.3 is 5.97 Å². The third-order valence-electron chi connectivity index (χ3n) is 2.44. The average Bonchev–Trinajstić information content (AvgIpc) is 2.64. The number of likely N-dealkylation sites (N-methyl/N-ethyl adjacent to an activating group) is 1. The van der Waals surface area contributed by atoms with Crippen molar-refractivity contribution < 1.29 is 19.1 Å². The van der Waals surface area contributed by atoms with E-state index in [0.29, 0.717) is 17.7 Å². The summed E-state index contributed by atoms with van der Waals surface area (Å²) >= 11 is 0. The molecule has 0 aromatic carbocycles. The van der Waals surface area contributed by atoms with E-state index in [2.05, 4.69) is 0 Å². The molecule has 1 heterocycles. The molecule has 5 heteroatoms. The Bertz CT molecular complexity index is 396. The van der Waals surface area contributed by atoms with Crippen LogP contribution in [0.15, 0.2) is 16.7 Å². The molecule has 0 spiro atoms. The third kappa shape index (κ3) is 2.42. The smallest absolute Gasteiger partial charge is 0.326 e. The molecule has 0 radical (unpaired) electrons. The molecular weight excluding hydrogens is 210 g/mol. The molecule has 1 amide bonds. The second-order valence-electron chi connectivity index (χ2n) is 3.62. The van der Waals surface area contributed by atoms with Crippen LogP contribution < -0.4 is 0 Å². The van der Waals surface area contributed by atoms with Crippen LogP contribution in [0, 0.1) is 6.92 Å². The normalized spacial score (nSPS) is 12.2. The van der Waals surface area contributed by atoms with Crippen molar-refractivity contribution in [3.63, 3.8) is 0 Å². The monoisotopic (exact) mass is 225 g/mol. The number of aryl methyl sites for hydroxylation is 1. The lowest BCUT2D eigenvalue weighted by molar-refractivity contribution is -0.142. The molecule has 1 aromatic heterocycles. The van der Waals surface area contributed by atoms with Crippen molar-refractivity contribution in [2.45, 2.75) is 26.3 Å². The summed E-state index contributed by atoms with van der Waals surface area (Å²) in [4.78, 5) is 24.0. The van der Waals surface area contributed by atoms with Crippen LogP contribution in [0.3, 0.4) is 0 Å². The largest absolute Gasteiger partial charge is 0.480 e. The van der Waals surface area contributed by atoms with Gasteiger partial charge in [-0.05, 0) is 19.4 Å². The minimum Gasteiger partial charge on any atom is -0.480 e. The second kappa shape index (κ2) is 4.83. The molecule has 0 bridgehead atoms. The molecule has 0 aliphatic heterocycles. The number of hydrogen-bond acceptors (Lipinski definition) is 3. The summed E-state index contributed by atoms with van der Waals surface area (Å²) in [6.45, 7) is 3.45. The van der Waals surface area contributed by atoms with E-state index in [9.17, 15) is 9.59 Å². The van der Waals surface area contributed by atoms with E-state index in [1.165, 1.54) is 18.2 Å². The molecule has 5 nitrogen and oxygen atoms in total. The molecule has 0 aliphatic carbocycles. The Morgan fingerprint density at radius 3 is 2.56 bits per heavy atom. The number of hydrogen-bond donors (Lipinski definition) is 1. The van der Waals surface area contributed by atoms with Gasteiger partial charge in [0.1, 0.15) is 18.1 Å². The number of aliphatic carboxylic acids is 1. The molecule has 0 saturated heterocycles. The Morgan fingerprint density at radius 1 is 1.56 bits per heavy atom. The van der Waals surface area contributed by atoms with Crippen LogP contribution in [0.1, 0.15) is 29.5 Å². The maximum Gasteiger partial charge on any atom is 0.326 e. The number of nitrogens with zero attached hydrogens (tertiary/aromatic N) is 1. The summed E-state index contributed by atoms with van der Waals surface area (Å²) in [5, 5.41) is 8.93. The molecule has 0 fully saturated rings. The first kappa shape index (κ1) is 12.3. The van der Waals surface area contributed by atoms with Crippen LogP contribution in [0.4, 0.5) is 0 Å². The van der Waals surface area contributed by atoms with E-state index in [1.54, 1.807) is 19.9 Å². The van der Waals surface area contributed by atoms with Gasteiger partial charge in [-0.25, -0.2) is 4.79 Å². The predicted octanol–water partition coefficient (Wildman–Crippen LogP) is 1.52. The SMILES string of the molecule is CCC(C(=O)O)N(C)C(=O)c1coc(C)c1. The summed E-state index contributed by atoms with van der Waals surface area (Å²) in [6.07, 6.45) is 1.71. The number of amides is 1. The number of rotatable bonds is 4. The number of carbonyl (C=O) groups excluding carboxylic acids is 1. The van der Waals surface area contributed by atoms with Gasteiger partial charge in [0.05, 0.1) is 5.56 Å². The van der Waals surface area contributed by atoms with Gasteiger partial charge in [0, 0.05) is 7.05 Å². The van der Waals surface area contributed by atoms with Crippen LogP contribution in [0.25, 0.3) is 0 Å². The highest BCUT2D eigenvalue weighted by atomic mass is 16.4. The highest BCUT2D eigenvalue weighted by Gasteiger charge is 2.26. The lowest BCUT2D eigenvalue weighted by atomic mass is 10.1. The Hall–Kier alpha value is -1.78. The predicted molar refractivity (Wildman–Crippen MR) is 57.3 cm³/mol. The Morgan fingerprint density at radius 2 is 2.19 bits per heavy atom. The van der Waals surface area contributed by atoms with Gasteiger partial charge in [-0.3, -0.25) is 4.79 Å². The zero-order chi connectivity index (χ0) is 12.3. The van der Waals surface area contributed by atoms with Crippen LogP contribution in [-0.4, -0.2) is 35.0 Å². The van der Waals surface area contributed by atoms with Crippen molar-refractivity contribution in [2.75, 3.05) is 7.05 Å². The second-order valence-corrected chi connectivity index (χ2v) is 3.62. The lowest BCUT2D eigenvalue weighted by Crippen LogP contribution is -2.41. The van der Waals surface area contributed by atoms with Crippen molar-refractivity contribution in [3.05, 3.63) is 23.7 Å². The first-order chi connectivity index (χ1) is 7.47. The van der Waals surface area contributed by atoms with Gasteiger partial charge in [0.25, 0.3) is 5.91 Å². The number of carboxylic acids is 1. The molecule has 1 unspecified atom stereocenters. The molecule has 1 N–H and O–H groups in total. The minimum atomic E-state index is -1.00. The molecule has 0 saturated carbocycles. The Labute approximate surface area is 93.7 Å². The molecule has 1 atom stereocenters. The van der Waals surface area contributed by atoms with Crippen molar-refractivity contribution in [3.8, 4) is 0 Å². The Kier molecular flexibility index (Phi) is 3.71. The standard InChI is InChI=1S/C11H15NO4/c1-4-9(11(14)15)12(3)10(13)8-5-7(2)16-6-8/h5-6,9H,4H2,1-3H3,(H,14,15). The molecule has 1 rings (SSSR count). The highest BCUT2D eigenvalue weighted by Crippen LogP contribution is 2.12. The maximum absolute atomic E-state index is 11.9. The summed E-state index contributed by atoms with van der Waals surface area (Å²) in [7, 11) is 1.48. The van der Waals surface area contributed by atoms with Gasteiger partial charge in [-0.15, -0.1) is 0 Å².